The van der Waals surface area contributed by atoms with E-state index in [4.69, 9.17) is 0 Å². The summed E-state index contributed by atoms with van der Waals surface area (Å²) in [5, 5.41) is 28.5. The van der Waals surface area contributed by atoms with Crippen LogP contribution in [-0.4, -0.2) is 70.2 Å². The van der Waals surface area contributed by atoms with Gasteiger partial charge in [0.1, 0.15) is 12.5 Å². The van der Waals surface area contributed by atoms with Crippen molar-refractivity contribution in [2.45, 2.75) is 57.1 Å². The van der Waals surface area contributed by atoms with Crippen molar-refractivity contribution >= 4 is 11.6 Å². The van der Waals surface area contributed by atoms with Crippen LogP contribution >= 0.6 is 0 Å². The third-order valence-corrected chi connectivity index (χ3v) is 5.28. The van der Waals surface area contributed by atoms with Gasteiger partial charge in [0.25, 0.3) is 0 Å². The van der Waals surface area contributed by atoms with Gasteiger partial charge in [0.2, 0.25) is 5.91 Å². The summed E-state index contributed by atoms with van der Waals surface area (Å²) >= 11 is 0. The van der Waals surface area contributed by atoms with E-state index >= 15 is 0 Å². The van der Waals surface area contributed by atoms with Crippen molar-refractivity contribution in [1.82, 2.24) is 20.5 Å². The number of aliphatic hydroxyl groups is 2. The molecule has 0 saturated carbocycles. The van der Waals surface area contributed by atoms with Crippen LogP contribution in [-0.2, 0) is 4.79 Å². The number of aliphatic hydroxyl groups excluding tert-OH is 2. The maximum Gasteiger partial charge on any atom is 0.238 e. The van der Waals surface area contributed by atoms with E-state index < -0.39 is 12.5 Å². The Bertz CT molecular complexity index is 601. The molecule has 0 bridgehead atoms. The predicted molar refractivity (Wildman–Crippen MR) is 98.5 cm³/mol. The molecule has 1 aromatic rings. The number of hydrogen-bond donors (Lipinski definition) is 5. The Hall–Kier alpha value is -1.58. The lowest BCUT2D eigenvalue weighted by atomic mass is 9.93. The molecule has 2 aliphatic rings. The molecule has 0 aromatic carbocycles. The van der Waals surface area contributed by atoms with Crippen molar-refractivity contribution in [3.05, 3.63) is 24.0 Å². The van der Waals surface area contributed by atoms with Gasteiger partial charge in [0.05, 0.1) is 18.4 Å². The van der Waals surface area contributed by atoms with Crippen LogP contribution in [0.25, 0.3) is 0 Å². The van der Waals surface area contributed by atoms with Crippen LogP contribution in [0.5, 0.6) is 0 Å². The number of carbonyl (C=O) groups is 1. The van der Waals surface area contributed by atoms with Gasteiger partial charge in [-0.1, -0.05) is 0 Å². The lowest BCUT2D eigenvalue weighted by Crippen LogP contribution is -2.56. The number of aromatic nitrogens is 1. The highest BCUT2D eigenvalue weighted by atomic mass is 16.3. The minimum absolute atomic E-state index is 0.0531. The fourth-order valence-electron chi connectivity index (χ4n) is 3.75. The van der Waals surface area contributed by atoms with Crippen molar-refractivity contribution in [2.24, 2.45) is 0 Å². The van der Waals surface area contributed by atoms with E-state index in [0.717, 1.165) is 18.8 Å². The largest absolute Gasteiger partial charge is 0.379 e. The van der Waals surface area contributed by atoms with Crippen molar-refractivity contribution in [2.75, 3.05) is 25.0 Å². The molecular formula is C18H29N5O3. The standard InChI is InChI=1S/C18H29N5O3/c1-11-7-19-8-12(2)23(11)10-17(25)21-13-3-5-15(20-9-13)14-4-6-16(24)22-18(14)26/h3,5,9,11-12,14,16,18-19,22,24,26H,4,6-8,10H2,1-2H3,(H,21,25)/t11-,12+,14?,16?,18?. The first-order valence-electron chi connectivity index (χ1n) is 9.28. The van der Waals surface area contributed by atoms with Gasteiger partial charge in [-0.05, 0) is 38.8 Å². The molecule has 2 fully saturated rings. The molecule has 2 aliphatic heterocycles. The molecule has 3 unspecified atom stereocenters. The molecule has 5 atom stereocenters. The summed E-state index contributed by atoms with van der Waals surface area (Å²) in [5.74, 6) is -0.214. The minimum atomic E-state index is -0.817. The lowest BCUT2D eigenvalue weighted by Gasteiger charge is -2.38. The van der Waals surface area contributed by atoms with E-state index in [0.29, 0.717) is 37.2 Å². The zero-order valence-corrected chi connectivity index (χ0v) is 15.4. The number of piperazine rings is 1. The SMILES string of the molecule is C[C@@H]1CNC[C@H](C)N1CC(=O)Nc1ccc(C2CCC(O)NC2O)nc1. The number of anilines is 1. The Morgan fingerprint density at radius 1 is 1.27 bits per heavy atom. The minimum Gasteiger partial charge on any atom is -0.379 e. The first kappa shape index (κ1) is 19.2. The average molecular weight is 363 g/mol. The second kappa shape index (κ2) is 8.41. The van der Waals surface area contributed by atoms with Crippen LogP contribution in [0.4, 0.5) is 5.69 Å². The molecular weight excluding hydrogens is 334 g/mol. The number of piperidine rings is 1. The first-order valence-corrected chi connectivity index (χ1v) is 9.28. The van der Waals surface area contributed by atoms with Gasteiger partial charge < -0.3 is 20.8 Å². The van der Waals surface area contributed by atoms with Crippen LogP contribution in [0, 0.1) is 0 Å². The second-order valence-corrected chi connectivity index (χ2v) is 7.36. The molecule has 3 heterocycles. The third kappa shape index (κ3) is 4.57. The van der Waals surface area contributed by atoms with Crippen LogP contribution in [0.2, 0.25) is 0 Å². The smallest absolute Gasteiger partial charge is 0.238 e. The number of amides is 1. The van der Waals surface area contributed by atoms with Crippen molar-refractivity contribution < 1.29 is 15.0 Å². The van der Waals surface area contributed by atoms with E-state index in [-0.39, 0.29) is 11.8 Å². The molecule has 0 aliphatic carbocycles. The number of hydrogen-bond acceptors (Lipinski definition) is 7. The van der Waals surface area contributed by atoms with E-state index in [2.05, 4.69) is 39.7 Å². The summed E-state index contributed by atoms with van der Waals surface area (Å²) in [4.78, 5) is 19.0. The summed E-state index contributed by atoms with van der Waals surface area (Å²) in [6.45, 7) is 6.37. The molecule has 0 spiro atoms. The first-order chi connectivity index (χ1) is 12.4. The fourth-order valence-corrected chi connectivity index (χ4v) is 3.75. The number of carbonyl (C=O) groups excluding carboxylic acids is 1. The fraction of sp³-hybridized carbons (Fsp3) is 0.667. The molecule has 1 amide bonds. The quantitative estimate of drug-likeness (QED) is 0.504. The molecule has 8 nitrogen and oxygen atoms in total. The van der Waals surface area contributed by atoms with Gasteiger partial charge in [-0.15, -0.1) is 0 Å². The molecule has 2 saturated heterocycles. The Morgan fingerprint density at radius 3 is 2.62 bits per heavy atom. The summed E-state index contributed by atoms with van der Waals surface area (Å²) in [6.07, 6.45) is 1.36. The summed E-state index contributed by atoms with van der Waals surface area (Å²) in [7, 11) is 0. The molecule has 0 radical (unpaired) electrons. The number of rotatable bonds is 4. The molecule has 26 heavy (non-hydrogen) atoms. The van der Waals surface area contributed by atoms with Crippen LogP contribution in [0.3, 0.4) is 0 Å². The van der Waals surface area contributed by atoms with Crippen LogP contribution in [0.15, 0.2) is 18.3 Å². The number of nitrogens with zero attached hydrogens (tertiary/aromatic N) is 2. The van der Waals surface area contributed by atoms with Gasteiger partial charge in [-0.3, -0.25) is 20.0 Å². The summed E-state index contributed by atoms with van der Waals surface area (Å²) in [6, 6.07) is 4.27. The topological polar surface area (TPSA) is 110 Å². The normalized spacial score (nSPS) is 33.0. The van der Waals surface area contributed by atoms with Gasteiger partial charge in [-0.25, -0.2) is 0 Å². The monoisotopic (exact) mass is 363 g/mol. The van der Waals surface area contributed by atoms with Gasteiger partial charge in [-0.2, -0.15) is 0 Å². The lowest BCUT2D eigenvalue weighted by molar-refractivity contribution is -0.118. The van der Waals surface area contributed by atoms with Crippen LogP contribution < -0.4 is 16.0 Å². The van der Waals surface area contributed by atoms with Crippen molar-refractivity contribution in [1.29, 1.82) is 0 Å². The molecule has 5 N–H and O–H groups in total. The zero-order valence-electron chi connectivity index (χ0n) is 15.4. The Kier molecular flexibility index (Phi) is 6.20. The molecule has 3 rings (SSSR count). The molecule has 8 heteroatoms. The number of pyridine rings is 1. The van der Waals surface area contributed by atoms with E-state index in [9.17, 15) is 15.0 Å². The van der Waals surface area contributed by atoms with E-state index in [1.165, 1.54) is 0 Å². The highest BCUT2D eigenvalue weighted by molar-refractivity contribution is 5.92. The highest BCUT2D eigenvalue weighted by Gasteiger charge is 2.29. The zero-order chi connectivity index (χ0) is 18.7. The maximum atomic E-state index is 12.4. The second-order valence-electron chi connectivity index (χ2n) is 7.36. The van der Waals surface area contributed by atoms with Gasteiger partial charge in [0.15, 0.2) is 0 Å². The molecule has 144 valence electrons. The van der Waals surface area contributed by atoms with Crippen LogP contribution in [0.1, 0.15) is 38.3 Å². The van der Waals surface area contributed by atoms with E-state index in [1.807, 2.05) is 12.1 Å². The van der Waals surface area contributed by atoms with E-state index in [1.54, 1.807) is 6.20 Å². The van der Waals surface area contributed by atoms with Crippen molar-refractivity contribution in [3.63, 3.8) is 0 Å². The number of nitrogens with one attached hydrogen (secondary N) is 3. The Balaban J connectivity index is 1.56. The van der Waals surface area contributed by atoms with Gasteiger partial charge in [0, 0.05) is 36.8 Å². The maximum absolute atomic E-state index is 12.4. The van der Waals surface area contributed by atoms with Gasteiger partial charge >= 0.3 is 0 Å². The predicted octanol–water partition coefficient (Wildman–Crippen LogP) is -0.194. The Morgan fingerprint density at radius 2 is 2.00 bits per heavy atom. The Labute approximate surface area is 154 Å². The molecule has 1 aromatic heterocycles. The summed E-state index contributed by atoms with van der Waals surface area (Å²) in [5.41, 5.74) is 1.40. The highest BCUT2D eigenvalue weighted by Crippen LogP contribution is 2.27. The third-order valence-electron chi connectivity index (χ3n) is 5.28. The summed E-state index contributed by atoms with van der Waals surface area (Å²) < 4.78 is 0. The van der Waals surface area contributed by atoms with Crippen molar-refractivity contribution in [3.8, 4) is 0 Å². The average Bonchev–Trinajstić information content (AvgIpc) is 2.59.